The van der Waals surface area contributed by atoms with Gasteiger partial charge in [-0.15, -0.1) is 0 Å². The third kappa shape index (κ3) is 3.65. The lowest BCUT2D eigenvalue weighted by Gasteiger charge is -2.18. The summed E-state index contributed by atoms with van der Waals surface area (Å²) in [4.78, 5) is 0. The van der Waals surface area contributed by atoms with Gasteiger partial charge in [0.2, 0.25) is 0 Å². The van der Waals surface area contributed by atoms with Crippen molar-refractivity contribution in [3.63, 3.8) is 0 Å². The van der Waals surface area contributed by atoms with Gasteiger partial charge in [-0.05, 0) is 37.5 Å². The molecule has 0 aliphatic carbocycles. The average molecular weight is 246 g/mol. The first-order valence-corrected chi connectivity index (χ1v) is 5.75. The number of hydrogen-bond acceptors (Lipinski definition) is 1. The van der Waals surface area contributed by atoms with Crippen molar-refractivity contribution in [3.05, 3.63) is 29.3 Å². The van der Waals surface area contributed by atoms with Crippen molar-refractivity contribution in [2.24, 2.45) is 0 Å². The van der Waals surface area contributed by atoms with Crippen LogP contribution in [0, 0.1) is 0 Å². The molecule has 1 nitrogen and oxygen atoms in total. The Hall–Kier alpha value is -1.19. The van der Waals surface area contributed by atoms with Gasteiger partial charge in [-0.2, -0.15) is 13.2 Å². The predicted molar refractivity (Wildman–Crippen MR) is 61.2 cm³/mol. The number of benzene rings is 1. The minimum absolute atomic E-state index is 0.0796. The summed E-state index contributed by atoms with van der Waals surface area (Å²) < 4.78 is 43.8. The van der Waals surface area contributed by atoms with Crippen LogP contribution in [-0.2, 0) is 12.6 Å². The Balaban J connectivity index is 3.11. The van der Waals surface area contributed by atoms with Gasteiger partial charge in [0.1, 0.15) is 5.75 Å². The SMILES string of the molecule is CCc1ccc(OC(C)CC)c(C(F)(F)F)c1. The minimum Gasteiger partial charge on any atom is -0.490 e. The molecular formula is C13H17F3O. The van der Waals surface area contributed by atoms with E-state index < -0.39 is 11.7 Å². The Morgan fingerprint density at radius 1 is 1.24 bits per heavy atom. The Labute approximate surface area is 99.6 Å². The molecule has 0 radical (unpaired) electrons. The number of aryl methyl sites for hydroxylation is 1. The predicted octanol–water partition coefficient (Wildman–Crippen LogP) is 4.45. The molecule has 1 aromatic rings. The summed E-state index contributed by atoms with van der Waals surface area (Å²) in [5.74, 6) is -0.0796. The summed E-state index contributed by atoms with van der Waals surface area (Å²) in [7, 11) is 0. The van der Waals surface area contributed by atoms with E-state index in [1.54, 1.807) is 13.0 Å². The molecule has 1 atom stereocenters. The highest BCUT2D eigenvalue weighted by Gasteiger charge is 2.34. The monoisotopic (exact) mass is 246 g/mol. The van der Waals surface area contributed by atoms with Crippen LogP contribution in [0.3, 0.4) is 0 Å². The second-order valence-corrected chi connectivity index (χ2v) is 4.02. The van der Waals surface area contributed by atoms with Crippen molar-refractivity contribution in [1.82, 2.24) is 0 Å². The first-order valence-electron chi connectivity index (χ1n) is 5.75. The van der Waals surface area contributed by atoms with Crippen molar-refractivity contribution < 1.29 is 17.9 Å². The zero-order chi connectivity index (χ0) is 13.1. The van der Waals surface area contributed by atoms with E-state index in [4.69, 9.17) is 4.74 Å². The van der Waals surface area contributed by atoms with Gasteiger partial charge in [-0.25, -0.2) is 0 Å². The molecule has 0 bridgehead atoms. The van der Waals surface area contributed by atoms with E-state index in [0.717, 1.165) is 6.07 Å². The van der Waals surface area contributed by atoms with Crippen LogP contribution in [-0.4, -0.2) is 6.10 Å². The van der Waals surface area contributed by atoms with E-state index in [0.29, 0.717) is 18.4 Å². The molecule has 0 amide bonds. The fraction of sp³-hybridized carbons (Fsp3) is 0.538. The summed E-state index contributed by atoms with van der Waals surface area (Å²) in [5.41, 5.74) is -0.0222. The van der Waals surface area contributed by atoms with Gasteiger partial charge in [0, 0.05) is 0 Å². The topological polar surface area (TPSA) is 9.23 Å². The first kappa shape index (κ1) is 13.9. The summed E-state index contributed by atoms with van der Waals surface area (Å²) in [6.45, 7) is 5.46. The largest absolute Gasteiger partial charge is 0.490 e. The molecule has 4 heteroatoms. The number of halogens is 3. The Bertz CT molecular complexity index is 371. The molecule has 1 aromatic carbocycles. The molecule has 1 rings (SSSR count). The highest BCUT2D eigenvalue weighted by Crippen LogP contribution is 2.37. The van der Waals surface area contributed by atoms with Gasteiger partial charge < -0.3 is 4.74 Å². The molecule has 0 aromatic heterocycles. The zero-order valence-electron chi connectivity index (χ0n) is 10.3. The quantitative estimate of drug-likeness (QED) is 0.762. The van der Waals surface area contributed by atoms with Crippen LogP contribution in [0.25, 0.3) is 0 Å². The zero-order valence-corrected chi connectivity index (χ0v) is 10.3. The summed E-state index contributed by atoms with van der Waals surface area (Å²) >= 11 is 0. The van der Waals surface area contributed by atoms with Crippen LogP contribution >= 0.6 is 0 Å². The van der Waals surface area contributed by atoms with Crippen molar-refractivity contribution >= 4 is 0 Å². The second kappa shape index (κ2) is 5.43. The lowest BCUT2D eigenvalue weighted by atomic mass is 10.1. The van der Waals surface area contributed by atoms with E-state index in [1.165, 1.54) is 6.07 Å². The summed E-state index contributed by atoms with van der Waals surface area (Å²) in [5, 5.41) is 0. The number of alkyl halides is 3. The third-order valence-electron chi connectivity index (χ3n) is 2.66. The van der Waals surface area contributed by atoms with Crippen LogP contribution in [0.2, 0.25) is 0 Å². The van der Waals surface area contributed by atoms with Gasteiger partial charge in [0.25, 0.3) is 0 Å². The molecule has 0 aliphatic rings. The van der Waals surface area contributed by atoms with Gasteiger partial charge in [-0.3, -0.25) is 0 Å². The molecule has 0 spiro atoms. The molecular weight excluding hydrogens is 229 g/mol. The maximum Gasteiger partial charge on any atom is 0.419 e. The molecule has 96 valence electrons. The highest BCUT2D eigenvalue weighted by atomic mass is 19.4. The van der Waals surface area contributed by atoms with Crippen LogP contribution in [0.15, 0.2) is 18.2 Å². The molecule has 17 heavy (non-hydrogen) atoms. The number of hydrogen-bond donors (Lipinski definition) is 0. The minimum atomic E-state index is -4.37. The standard InChI is InChI=1S/C13H17F3O/c1-4-9(3)17-12-7-6-10(5-2)8-11(12)13(14,15)16/h6-9H,4-5H2,1-3H3. The van der Waals surface area contributed by atoms with Crippen LogP contribution in [0.4, 0.5) is 13.2 Å². The van der Waals surface area contributed by atoms with Crippen LogP contribution in [0.5, 0.6) is 5.75 Å². The lowest BCUT2D eigenvalue weighted by molar-refractivity contribution is -0.139. The normalized spacial score (nSPS) is 13.5. The molecule has 0 saturated carbocycles. The lowest BCUT2D eigenvalue weighted by Crippen LogP contribution is -2.15. The molecule has 0 fully saturated rings. The van der Waals surface area contributed by atoms with Gasteiger partial charge in [0.05, 0.1) is 11.7 Å². The maximum absolute atomic E-state index is 12.8. The van der Waals surface area contributed by atoms with Crippen LogP contribution < -0.4 is 4.74 Å². The van der Waals surface area contributed by atoms with Gasteiger partial charge in [0.15, 0.2) is 0 Å². The average Bonchev–Trinajstić information content (AvgIpc) is 2.28. The maximum atomic E-state index is 12.8. The van der Waals surface area contributed by atoms with E-state index in [9.17, 15) is 13.2 Å². The smallest absolute Gasteiger partial charge is 0.419 e. The van der Waals surface area contributed by atoms with E-state index >= 15 is 0 Å². The highest BCUT2D eigenvalue weighted by molar-refractivity contribution is 5.39. The second-order valence-electron chi connectivity index (χ2n) is 4.02. The van der Waals surface area contributed by atoms with E-state index in [1.807, 2.05) is 13.8 Å². The van der Waals surface area contributed by atoms with Crippen molar-refractivity contribution in [2.45, 2.75) is 45.9 Å². The van der Waals surface area contributed by atoms with Crippen LogP contribution in [0.1, 0.15) is 38.3 Å². The molecule has 0 N–H and O–H groups in total. The Morgan fingerprint density at radius 2 is 1.88 bits per heavy atom. The number of ether oxygens (including phenoxy) is 1. The first-order chi connectivity index (χ1) is 7.88. The fourth-order valence-corrected chi connectivity index (χ4v) is 1.42. The molecule has 0 aliphatic heterocycles. The third-order valence-corrected chi connectivity index (χ3v) is 2.66. The molecule has 0 saturated heterocycles. The van der Waals surface area contributed by atoms with Gasteiger partial charge >= 0.3 is 6.18 Å². The summed E-state index contributed by atoms with van der Waals surface area (Å²) in [6.07, 6.45) is -3.34. The molecule has 1 unspecified atom stereocenters. The van der Waals surface area contributed by atoms with Crippen molar-refractivity contribution in [2.75, 3.05) is 0 Å². The number of rotatable bonds is 4. The Morgan fingerprint density at radius 3 is 2.35 bits per heavy atom. The van der Waals surface area contributed by atoms with Crippen molar-refractivity contribution in [1.29, 1.82) is 0 Å². The fourth-order valence-electron chi connectivity index (χ4n) is 1.42. The summed E-state index contributed by atoms with van der Waals surface area (Å²) in [6, 6.07) is 4.25. The van der Waals surface area contributed by atoms with Gasteiger partial charge in [-0.1, -0.05) is 19.9 Å². The van der Waals surface area contributed by atoms with E-state index in [2.05, 4.69) is 0 Å². The van der Waals surface area contributed by atoms with Crippen molar-refractivity contribution in [3.8, 4) is 5.75 Å². The molecule has 0 heterocycles. The Kier molecular flexibility index (Phi) is 4.43. The van der Waals surface area contributed by atoms with E-state index in [-0.39, 0.29) is 11.9 Å².